The van der Waals surface area contributed by atoms with E-state index in [-0.39, 0.29) is 23.7 Å². The fourth-order valence-electron chi connectivity index (χ4n) is 1.41. The molecular formula is C12H17NO5S. The quantitative estimate of drug-likeness (QED) is 0.373. The second kappa shape index (κ2) is 7.25. The Balaban J connectivity index is 2.61. The van der Waals surface area contributed by atoms with Crippen LogP contribution in [0.1, 0.15) is 0 Å². The summed E-state index contributed by atoms with van der Waals surface area (Å²) in [5.41, 5.74) is 0.229. The van der Waals surface area contributed by atoms with Gasteiger partial charge in [0.25, 0.3) is 10.1 Å². The zero-order valence-corrected chi connectivity index (χ0v) is 11.1. The molecular weight excluding hydrogens is 270 g/mol. The number of para-hydroxylation sites is 1. The molecule has 0 fully saturated rings. The first-order valence-electron chi connectivity index (χ1n) is 5.62. The fraction of sp³-hybridized carbons (Fsp3) is 0.333. The van der Waals surface area contributed by atoms with Crippen molar-refractivity contribution in [3.8, 4) is 0 Å². The molecule has 0 aliphatic carbocycles. The lowest BCUT2D eigenvalue weighted by molar-refractivity contribution is 0.0566. The molecule has 0 saturated heterocycles. The monoisotopic (exact) mass is 287 g/mol. The van der Waals surface area contributed by atoms with Gasteiger partial charge in [-0.25, -0.2) is 0 Å². The predicted octanol–water partition coefficient (Wildman–Crippen LogP) is 0.909. The van der Waals surface area contributed by atoms with Crippen LogP contribution >= 0.6 is 0 Å². The van der Waals surface area contributed by atoms with Crippen LogP contribution in [0.15, 0.2) is 41.8 Å². The molecule has 106 valence electrons. The molecule has 7 heteroatoms. The molecule has 1 atom stereocenters. The van der Waals surface area contributed by atoms with Gasteiger partial charge in [-0.3, -0.25) is 4.55 Å². The predicted molar refractivity (Wildman–Crippen MR) is 71.8 cm³/mol. The Bertz CT molecular complexity index is 515. The maximum absolute atomic E-state index is 11.1. The van der Waals surface area contributed by atoms with Crippen LogP contribution in [0.25, 0.3) is 0 Å². The highest BCUT2D eigenvalue weighted by molar-refractivity contribution is 7.86. The summed E-state index contributed by atoms with van der Waals surface area (Å²) in [4.78, 5) is -0.228. The average Bonchev–Trinajstić information content (AvgIpc) is 2.36. The van der Waals surface area contributed by atoms with Crippen molar-refractivity contribution in [1.82, 2.24) is 0 Å². The van der Waals surface area contributed by atoms with Crippen molar-refractivity contribution in [2.24, 2.45) is 0 Å². The molecule has 3 N–H and O–H groups in total. The van der Waals surface area contributed by atoms with E-state index in [1.54, 1.807) is 12.1 Å². The van der Waals surface area contributed by atoms with Gasteiger partial charge in [0, 0.05) is 6.54 Å². The van der Waals surface area contributed by atoms with E-state index < -0.39 is 16.2 Å². The topological polar surface area (TPSA) is 95.9 Å². The van der Waals surface area contributed by atoms with Gasteiger partial charge < -0.3 is 15.2 Å². The van der Waals surface area contributed by atoms with Gasteiger partial charge in [-0.2, -0.15) is 8.42 Å². The van der Waals surface area contributed by atoms with E-state index in [1.807, 2.05) is 0 Å². The highest BCUT2D eigenvalue weighted by atomic mass is 32.2. The highest BCUT2D eigenvalue weighted by Gasteiger charge is 2.15. The minimum absolute atomic E-state index is 0.101. The molecule has 1 aromatic rings. The third-order valence-corrected chi connectivity index (χ3v) is 3.15. The van der Waals surface area contributed by atoms with E-state index in [2.05, 4.69) is 11.9 Å². The Morgan fingerprint density at radius 2 is 2.11 bits per heavy atom. The summed E-state index contributed by atoms with van der Waals surface area (Å²) in [6.45, 7) is 4.01. The molecule has 0 heterocycles. The van der Waals surface area contributed by atoms with Crippen LogP contribution in [-0.4, -0.2) is 43.9 Å². The van der Waals surface area contributed by atoms with Crippen LogP contribution in [0.3, 0.4) is 0 Å². The van der Waals surface area contributed by atoms with Gasteiger partial charge in [0.15, 0.2) is 0 Å². The fourth-order valence-corrected chi connectivity index (χ4v) is 2.08. The van der Waals surface area contributed by atoms with Gasteiger partial charge in [0.05, 0.1) is 25.0 Å². The number of hydrogen-bond donors (Lipinski definition) is 3. The summed E-state index contributed by atoms with van der Waals surface area (Å²) in [6, 6.07) is 5.90. The lowest BCUT2D eigenvalue weighted by atomic mass is 10.3. The first kappa shape index (κ1) is 15.6. The SMILES string of the molecule is C=CCOCC(O)CNc1ccccc1S(=O)(=O)O. The summed E-state index contributed by atoms with van der Waals surface area (Å²) < 4.78 is 36.4. The minimum atomic E-state index is -4.29. The number of anilines is 1. The Labute approximate surface area is 112 Å². The number of aliphatic hydroxyl groups is 1. The van der Waals surface area contributed by atoms with Crippen LogP contribution in [-0.2, 0) is 14.9 Å². The van der Waals surface area contributed by atoms with Crippen LogP contribution in [0, 0.1) is 0 Å². The number of ether oxygens (including phenoxy) is 1. The van der Waals surface area contributed by atoms with Gasteiger partial charge in [-0.15, -0.1) is 6.58 Å². The van der Waals surface area contributed by atoms with Gasteiger partial charge in [-0.1, -0.05) is 18.2 Å². The molecule has 1 rings (SSSR count). The zero-order valence-electron chi connectivity index (χ0n) is 10.3. The van der Waals surface area contributed by atoms with Crippen molar-refractivity contribution in [2.45, 2.75) is 11.0 Å². The summed E-state index contributed by atoms with van der Waals surface area (Å²) in [5, 5.41) is 12.3. The van der Waals surface area contributed by atoms with E-state index in [9.17, 15) is 13.5 Å². The first-order valence-corrected chi connectivity index (χ1v) is 7.06. The molecule has 0 aliphatic heterocycles. The summed E-state index contributed by atoms with van der Waals surface area (Å²) >= 11 is 0. The van der Waals surface area contributed by atoms with E-state index >= 15 is 0 Å². The van der Waals surface area contributed by atoms with E-state index in [1.165, 1.54) is 18.2 Å². The molecule has 0 amide bonds. The molecule has 0 aromatic heterocycles. The molecule has 6 nitrogen and oxygen atoms in total. The van der Waals surface area contributed by atoms with Crippen molar-refractivity contribution in [3.05, 3.63) is 36.9 Å². The molecule has 0 saturated carbocycles. The number of hydrogen-bond acceptors (Lipinski definition) is 5. The van der Waals surface area contributed by atoms with Crippen molar-refractivity contribution in [2.75, 3.05) is 25.1 Å². The van der Waals surface area contributed by atoms with Gasteiger partial charge in [-0.05, 0) is 12.1 Å². The number of rotatable bonds is 8. The Morgan fingerprint density at radius 1 is 1.42 bits per heavy atom. The molecule has 0 radical (unpaired) electrons. The molecule has 0 spiro atoms. The second-order valence-corrected chi connectivity index (χ2v) is 5.22. The average molecular weight is 287 g/mol. The normalized spacial score (nSPS) is 12.9. The van der Waals surface area contributed by atoms with Gasteiger partial charge in [0.1, 0.15) is 4.90 Å². The summed E-state index contributed by atoms with van der Waals surface area (Å²) in [7, 11) is -4.29. The lowest BCUT2D eigenvalue weighted by Crippen LogP contribution is -2.25. The Morgan fingerprint density at radius 3 is 2.74 bits per heavy atom. The standard InChI is InChI=1S/C12H17NO5S/c1-2-7-18-9-10(14)8-13-11-5-3-4-6-12(11)19(15,16)17/h2-6,10,13-14H,1,7-9H2,(H,15,16,17). The van der Waals surface area contributed by atoms with Crippen molar-refractivity contribution in [1.29, 1.82) is 0 Å². The van der Waals surface area contributed by atoms with Crippen molar-refractivity contribution < 1.29 is 22.8 Å². The first-order chi connectivity index (χ1) is 8.95. The molecule has 1 aromatic carbocycles. The van der Waals surface area contributed by atoms with Gasteiger partial charge in [0.2, 0.25) is 0 Å². The second-order valence-electron chi connectivity index (χ2n) is 3.83. The van der Waals surface area contributed by atoms with E-state index in [4.69, 9.17) is 9.29 Å². The van der Waals surface area contributed by atoms with Gasteiger partial charge >= 0.3 is 0 Å². The number of nitrogens with one attached hydrogen (secondary N) is 1. The highest BCUT2D eigenvalue weighted by Crippen LogP contribution is 2.20. The van der Waals surface area contributed by atoms with Crippen LogP contribution in [0.5, 0.6) is 0 Å². The smallest absolute Gasteiger partial charge is 0.296 e. The molecule has 0 bridgehead atoms. The third-order valence-electron chi connectivity index (χ3n) is 2.24. The Hall–Kier alpha value is -1.41. The number of benzene rings is 1. The zero-order chi connectivity index (χ0) is 14.3. The van der Waals surface area contributed by atoms with Crippen LogP contribution < -0.4 is 5.32 Å². The largest absolute Gasteiger partial charge is 0.389 e. The number of aliphatic hydroxyl groups excluding tert-OH is 1. The van der Waals surface area contributed by atoms with Crippen LogP contribution in [0.4, 0.5) is 5.69 Å². The molecule has 19 heavy (non-hydrogen) atoms. The maximum atomic E-state index is 11.1. The van der Waals surface area contributed by atoms with E-state index in [0.717, 1.165) is 0 Å². The van der Waals surface area contributed by atoms with E-state index in [0.29, 0.717) is 6.61 Å². The van der Waals surface area contributed by atoms with Crippen LogP contribution in [0.2, 0.25) is 0 Å². The lowest BCUT2D eigenvalue weighted by Gasteiger charge is -2.14. The maximum Gasteiger partial charge on any atom is 0.296 e. The summed E-state index contributed by atoms with van der Waals surface area (Å²) in [6.07, 6.45) is 0.766. The minimum Gasteiger partial charge on any atom is -0.389 e. The third kappa shape index (κ3) is 5.39. The molecule has 0 aliphatic rings. The summed E-state index contributed by atoms with van der Waals surface area (Å²) in [5.74, 6) is 0. The Kier molecular flexibility index (Phi) is 5.97. The van der Waals surface area contributed by atoms with Crippen molar-refractivity contribution >= 4 is 15.8 Å². The van der Waals surface area contributed by atoms with Crippen molar-refractivity contribution in [3.63, 3.8) is 0 Å². The molecule has 1 unspecified atom stereocenters.